The van der Waals surface area contributed by atoms with Gasteiger partial charge in [0.05, 0.1) is 12.8 Å². The fourth-order valence-corrected chi connectivity index (χ4v) is 2.37. The van der Waals surface area contributed by atoms with Crippen molar-refractivity contribution < 1.29 is 19.1 Å². The van der Waals surface area contributed by atoms with Crippen LogP contribution in [0, 0.1) is 0 Å². The number of methoxy groups -OCH3 is 1. The number of anilines is 3. The largest absolute Gasteiger partial charge is 0.495 e. The number of carbonyl (C=O) groups excluding carboxylic acids is 3. The molecule has 0 aliphatic heterocycles. The zero-order valence-corrected chi connectivity index (χ0v) is 15.0. The van der Waals surface area contributed by atoms with Crippen molar-refractivity contribution in [2.75, 3.05) is 23.1 Å². The van der Waals surface area contributed by atoms with Gasteiger partial charge in [0.25, 0.3) is 0 Å². The summed E-state index contributed by atoms with van der Waals surface area (Å²) < 4.78 is 5.14. The van der Waals surface area contributed by atoms with Gasteiger partial charge in [-0.2, -0.15) is 0 Å². The van der Waals surface area contributed by atoms with Gasteiger partial charge in [-0.3, -0.25) is 14.4 Å². The van der Waals surface area contributed by atoms with Crippen LogP contribution in [0.15, 0.2) is 42.5 Å². The first-order chi connectivity index (χ1) is 12.4. The van der Waals surface area contributed by atoms with Crippen LogP contribution in [-0.2, 0) is 14.4 Å². The molecule has 7 nitrogen and oxygen atoms in total. The number of halogens is 1. The topological polar surface area (TPSA) is 96.5 Å². The fraction of sp³-hybridized carbons (Fsp3) is 0.167. The van der Waals surface area contributed by atoms with Crippen LogP contribution >= 0.6 is 11.6 Å². The fourth-order valence-electron chi connectivity index (χ4n) is 2.20. The molecule has 3 N–H and O–H groups in total. The molecule has 0 radical (unpaired) electrons. The number of nitrogens with one attached hydrogen (secondary N) is 3. The van der Waals surface area contributed by atoms with Crippen molar-refractivity contribution in [1.29, 1.82) is 0 Å². The van der Waals surface area contributed by atoms with E-state index in [1.165, 1.54) is 20.1 Å². The van der Waals surface area contributed by atoms with Gasteiger partial charge in [-0.1, -0.05) is 17.7 Å². The van der Waals surface area contributed by atoms with Crippen LogP contribution in [0.5, 0.6) is 5.75 Å². The van der Waals surface area contributed by atoms with Gasteiger partial charge in [-0.25, -0.2) is 0 Å². The van der Waals surface area contributed by atoms with Crippen molar-refractivity contribution in [3.63, 3.8) is 0 Å². The average molecular weight is 376 g/mol. The number of hydrogen-bond donors (Lipinski definition) is 3. The van der Waals surface area contributed by atoms with E-state index in [0.717, 1.165) is 0 Å². The number of carbonyl (C=O) groups is 3. The average Bonchev–Trinajstić information content (AvgIpc) is 2.54. The van der Waals surface area contributed by atoms with E-state index in [4.69, 9.17) is 16.3 Å². The van der Waals surface area contributed by atoms with Crippen molar-refractivity contribution in [2.45, 2.75) is 13.3 Å². The van der Waals surface area contributed by atoms with Crippen LogP contribution in [0.3, 0.4) is 0 Å². The second-order valence-electron chi connectivity index (χ2n) is 5.38. The summed E-state index contributed by atoms with van der Waals surface area (Å²) in [7, 11) is 1.47. The number of hydrogen-bond acceptors (Lipinski definition) is 4. The van der Waals surface area contributed by atoms with E-state index in [1.54, 1.807) is 36.4 Å². The van der Waals surface area contributed by atoms with Gasteiger partial charge in [0.15, 0.2) is 0 Å². The molecule has 0 unspecified atom stereocenters. The predicted octanol–water partition coefficient (Wildman–Crippen LogP) is 3.27. The van der Waals surface area contributed by atoms with Crippen LogP contribution < -0.4 is 20.7 Å². The first-order valence-corrected chi connectivity index (χ1v) is 8.06. The summed E-state index contributed by atoms with van der Waals surface area (Å²) in [5, 5.41) is 8.24. The van der Waals surface area contributed by atoms with E-state index in [9.17, 15) is 14.4 Å². The van der Waals surface area contributed by atoms with Crippen LogP contribution in [-0.4, -0.2) is 24.8 Å². The summed E-state index contributed by atoms with van der Waals surface area (Å²) >= 11 is 5.91. The van der Waals surface area contributed by atoms with Gasteiger partial charge in [0.2, 0.25) is 17.7 Å². The highest BCUT2D eigenvalue weighted by atomic mass is 35.5. The second-order valence-corrected chi connectivity index (χ2v) is 5.82. The van der Waals surface area contributed by atoms with Gasteiger partial charge in [-0.05, 0) is 36.4 Å². The highest BCUT2D eigenvalue weighted by molar-refractivity contribution is 6.31. The molecule has 0 saturated heterocycles. The molecule has 136 valence electrons. The van der Waals surface area contributed by atoms with Crippen molar-refractivity contribution in [3.05, 3.63) is 47.5 Å². The van der Waals surface area contributed by atoms with Crippen molar-refractivity contribution >= 4 is 46.4 Å². The zero-order valence-electron chi connectivity index (χ0n) is 14.3. The molecule has 0 aromatic heterocycles. The maximum absolute atomic E-state index is 12.1. The Morgan fingerprint density at radius 3 is 2.27 bits per heavy atom. The molecular weight excluding hydrogens is 358 g/mol. The minimum Gasteiger partial charge on any atom is -0.495 e. The molecule has 8 heteroatoms. The van der Waals surface area contributed by atoms with E-state index >= 15 is 0 Å². The van der Waals surface area contributed by atoms with Crippen molar-refractivity contribution in [2.24, 2.45) is 0 Å². The van der Waals surface area contributed by atoms with E-state index in [1.807, 2.05) is 0 Å². The summed E-state index contributed by atoms with van der Waals surface area (Å²) in [5.41, 5.74) is 1.39. The number of amides is 3. The smallest absolute Gasteiger partial charge is 0.233 e. The van der Waals surface area contributed by atoms with E-state index < -0.39 is 11.8 Å². The lowest BCUT2D eigenvalue weighted by Crippen LogP contribution is -2.21. The Kier molecular flexibility index (Phi) is 6.57. The van der Waals surface area contributed by atoms with Crippen LogP contribution in [0.2, 0.25) is 5.02 Å². The summed E-state index contributed by atoms with van der Waals surface area (Å²) in [4.78, 5) is 35.2. The molecule has 0 saturated carbocycles. The van der Waals surface area contributed by atoms with Gasteiger partial charge in [0, 0.05) is 23.3 Å². The number of ether oxygens (including phenoxy) is 1. The van der Waals surface area contributed by atoms with Crippen LogP contribution in [0.1, 0.15) is 13.3 Å². The van der Waals surface area contributed by atoms with Gasteiger partial charge >= 0.3 is 0 Å². The highest BCUT2D eigenvalue weighted by Gasteiger charge is 2.13. The molecule has 2 aromatic carbocycles. The lowest BCUT2D eigenvalue weighted by atomic mass is 10.2. The minimum atomic E-state index is -0.513. The molecule has 0 aliphatic rings. The Hall–Kier alpha value is -3.06. The molecule has 0 aliphatic carbocycles. The Balaban J connectivity index is 1.96. The molecule has 2 rings (SSSR count). The maximum Gasteiger partial charge on any atom is 0.233 e. The van der Waals surface area contributed by atoms with Gasteiger partial charge < -0.3 is 20.7 Å². The molecular formula is C18H18ClN3O4. The van der Waals surface area contributed by atoms with E-state index in [-0.39, 0.29) is 12.3 Å². The highest BCUT2D eigenvalue weighted by Crippen LogP contribution is 2.27. The molecule has 26 heavy (non-hydrogen) atoms. The zero-order chi connectivity index (χ0) is 19.1. The number of rotatable bonds is 6. The molecule has 2 aromatic rings. The van der Waals surface area contributed by atoms with Crippen LogP contribution in [0.4, 0.5) is 17.1 Å². The minimum absolute atomic E-state index is 0.219. The molecule has 0 spiro atoms. The Morgan fingerprint density at radius 2 is 1.62 bits per heavy atom. The third-order valence-corrected chi connectivity index (χ3v) is 3.46. The molecule has 0 bridgehead atoms. The van der Waals surface area contributed by atoms with Crippen molar-refractivity contribution in [3.8, 4) is 5.75 Å². The maximum atomic E-state index is 12.1. The summed E-state index contributed by atoms with van der Waals surface area (Å²) in [6, 6.07) is 11.4. The quantitative estimate of drug-likeness (QED) is 0.675. The Bertz CT molecular complexity index is 839. The molecule has 0 heterocycles. The first-order valence-electron chi connectivity index (χ1n) is 7.68. The lowest BCUT2D eigenvalue weighted by Gasteiger charge is -2.11. The summed E-state index contributed by atoms with van der Waals surface area (Å²) in [6.45, 7) is 1.39. The lowest BCUT2D eigenvalue weighted by molar-refractivity contribution is -0.123. The summed E-state index contributed by atoms with van der Waals surface area (Å²) in [5.74, 6) is -0.793. The van der Waals surface area contributed by atoms with Crippen LogP contribution in [0.25, 0.3) is 0 Å². The summed E-state index contributed by atoms with van der Waals surface area (Å²) in [6.07, 6.45) is -0.389. The Labute approximate surface area is 155 Å². The van der Waals surface area contributed by atoms with E-state index in [0.29, 0.717) is 27.8 Å². The second kappa shape index (κ2) is 8.87. The standard InChI is InChI=1S/C18H18ClN3O4/c1-11(23)20-13-4-3-5-14(9-13)21-17(24)10-18(25)22-15-8-12(19)6-7-16(15)26-2/h3-9H,10H2,1-2H3,(H,20,23)(H,21,24)(H,22,25). The monoisotopic (exact) mass is 375 g/mol. The normalized spacial score (nSPS) is 9.96. The van der Waals surface area contributed by atoms with Gasteiger partial charge in [-0.15, -0.1) is 0 Å². The third-order valence-electron chi connectivity index (χ3n) is 3.22. The molecule has 0 fully saturated rings. The first kappa shape index (κ1) is 19.3. The number of benzene rings is 2. The third kappa shape index (κ3) is 5.78. The molecule has 0 atom stereocenters. The Morgan fingerprint density at radius 1 is 0.962 bits per heavy atom. The van der Waals surface area contributed by atoms with Crippen molar-refractivity contribution in [1.82, 2.24) is 0 Å². The molecule has 3 amide bonds. The van der Waals surface area contributed by atoms with Gasteiger partial charge in [0.1, 0.15) is 12.2 Å². The SMILES string of the molecule is COc1ccc(Cl)cc1NC(=O)CC(=O)Nc1cccc(NC(C)=O)c1. The van der Waals surface area contributed by atoms with E-state index in [2.05, 4.69) is 16.0 Å². The predicted molar refractivity (Wildman–Crippen MR) is 101 cm³/mol.